The average Bonchev–Trinajstić information content (AvgIpc) is 2.32. The van der Waals surface area contributed by atoms with E-state index in [0.29, 0.717) is 24.7 Å². The largest absolute Gasteiger partial charge is 0.376 e. The van der Waals surface area contributed by atoms with Gasteiger partial charge in [0.1, 0.15) is 0 Å². The van der Waals surface area contributed by atoms with Crippen LogP contribution in [0.2, 0.25) is 10.0 Å². The molecule has 1 fully saturated rings. The fourth-order valence-electron chi connectivity index (χ4n) is 1.79. The molecule has 2 rings (SSSR count). The minimum absolute atomic E-state index is 0.101. The zero-order chi connectivity index (χ0) is 13.3. The fourth-order valence-corrected chi connectivity index (χ4v) is 3.68. The molecular formula is C11H13Cl2NO3S. The summed E-state index contributed by atoms with van der Waals surface area (Å²) in [7, 11) is -3.52. The maximum atomic E-state index is 12.4. The minimum Gasteiger partial charge on any atom is -0.376 e. The Hall–Kier alpha value is -0.330. The predicted molar refractivity (Wildman–Crippen MR) is 70.6 cm³/mol. The van der Waals surface area contributed by atoms with E-state index in [0.717, 1.165) is 0 Å². The Balaban J connectivity index is 2.32. The molecule has 7 heteroatoms. The quantitative estimate of drug-likeness (QED) is 0.843. The maximum Gasteiger partial charge on any atom is 0.243 e. The van der Waals surface area contributed by atoms with Crippen LogP contribution in [-0.2, 0) is 14.8 Å². The molecule has 100 valence electrons. The van der Waals surface area contributed by atoms with E-state index in [4.69, 9.17) is 27.9 Å². The van der Waals surface area contributed by atoms with E-state index in [2.05, 4.69) is 0 Å². The summed E-state index contributed by atoms with van der Waals surface area (Å²) in [6.07, 6.45) is -0.101. The van der Waals surface area contributed by atoms with Crippen molar-refractivity contribution >= 4 is 33.2 Å². The van der Waals surface area contributed by atoms with Crippen LogP contribution in [0.4, 0.5) is 0 Å². The summed E-state index contributed by atoms with van der Waals surface area (Å²) in [5, 5.41) is 0.574. The van der Waals surface area contributed by atoms with Gasteiger partial charge in [-0.3, -0.25) is 0 Å². The monoisotopic (exact) mass is 309 g/mol. The van der Waals surface area contributed by atoms with Crippen molar-refractivity contribution in [1.29, 1.82) is 0 Å². The molecule has 1 aliphatic heterocycles. The molecule has 0 radical (unpaired) electrons. The van der Waals surface area contributed by atoms with E-state index < -0.39 is 10.0 Å². The van der Waals surface area contributed by atoms with Crippen molar-refractivity contribution in [2.24, 2.45) is 0 Å². The first-order valence-electron chi connectivity index (χ1n) is 5.48. The van der Waals surface area contributed by atoms with Gasteiger partial charge in [0.05, 0.1) is 27.7 Å². The Bertz CT molecular complexity index is 547. The van der Waals surface area contributed by atoms with Gasteiger partial charge in [0.2, 0.25) is 10.0 Å². The molecule has 0 N–H and O–H groups in total. The summed E-state index contributed by atoms with van der Waals surface area (Å²) in [6.45, 7) is 2.95. The average molecular weight is 310 g/mol. The second-order valence-corrected chi connectivity index (χ2v) is 6.87. The van der Waals surface area contributed by atoms with Gasteiger partial charge in [-0.1, -0.05) is 23.2 Å². The molecule has 1 aromatic rings. The Labute approximate surface area is 116 Å². The number of halogens is 2. The Morgan fingerprint density at radius 3 is 2.67 bits per heavy atom. The van der Waals surface area contributed by atoms with Crippen LogP contribution in [-0.4, -0.2) is 38.5 Å². The van der Waals surface area contributed by atoms with E-state index in [9.17, 15) is 8.42 Å². The highest BCUT2D eigenvalue weighted by Crippen LogP contribution is 2.27. The summed E-state index contributed by atoms with van der Waals surface area (Å²) >= 11 is 11.6. The molecule has 18 heavy (non-hydrogen) atoms. The van der Waals surface area contributed by atoms with Crippen molar-refractivity contribution in [2.75, 3.05) is 19.7 Å². The van der Waals surface area contributed by atoms with E-state index in [1.165, 1.54) is 22.5 Å². The highest BCUT2D eigenvalue weighted by Gasteiger charge is 2.29. The molecule has 0 bridgehead atoms. The lowest BCUT2D eigenvalue weighted by Crippen LogP contribution is -2.44. The second kappa shape index (κ2) is 5.35. The number of hydrogen-bond donors (Lipinski definition) is 0. The van der Waals surface area contributed by atoms with Gasteiger partial charge < -0.3 is 4.74 Å². The topological polar surface area (TPSA) is 46.6 Å². The van der Waals surface area contributed by atoms with Crippen LogP contribution >= 0.6 is 23.2 Å². The smallest absolute Gasteiger partial charge is 0.243 e. The Morgan fingerprint density at radius 2 is 2.06 bits per heavy atom. The first kappa shape index (κ1) is 14.1. The predicted octanol–water partition coefficient (Wildman–Crippen LogP) is 2.40. The number of hydrogen-bond acceptors (Lipinski definition) is 3. The molecule has 0 unspecified atom stereocenters. The molecule has 0 amide bonds. The SMILES string of the molecule is C[C@@H]1CN(S(=O)(=O)c2ccc(Cl)c(Cl)c2)CCO1. The number of sulfonamides is 1. The van der Waals surface area contributed by atoms with Crippen LogP contribution < -0.4 is 0 Å². The van der Waals surface area contributed by atoms with Crippen molar-refractivity contribution < 1.29 is 13.2 Å². The molecule has 1 aromatic carbocycles. The molecule has 0 saturated carbocycles. The summed E-state index contributed by atoms with van der Waals surface area (Å²) < 4.78 is 31.5. The van der Waals surface area contributed by atoms with Crippen LogP contribution in [0.1, 0.15) is 6.92 Å². The van der Waals surface area contributed by atoms with Crippen molar-refractivity contribution in [1.82, 2.24) is 4.31 Å². The third-order valence-electron chi connectivity index (χ3n) is 2.73. The van der Waals surface area contributed by atoms with Crippen LogP contribution in [0, 0.1) is 0 Å². The molecule has 1 saturated heterocycles. The Morgan fingerprint density at radius 1 is 1.33 bits per heavy atom. The van der Waals surface area contributed by atoms with Crippen molar-refractivity contribution in [3.05, 3.63) is 28.2 Å². The van der Waals surface area contributed by atoms with Crippen LogP contribution in [0.15, 0.2) is 23.1 Å². The zero-order valence-electron chi connectivity index (χ0n) is 9.77. The number of benzene rings is 1. The highest BCUT2D eigenvalue weighted by atomic mass is 35.5. The summed E-state index contributed by atoms with van der Waals surface area (Å²) in [5.41, 5.74) is 0. The second-order valence-electron chi connectivity index (χ2n) is 4.12. The van der Waals surface area contributed by atoms with Crippen LogP contribution in [0.5, 0.6) is 0 Å². The molecule has 0 aliphatic carbocycles. The van der Waals surface area contributed by atoms with E-state index in [1.807, 2.05) is 6.92 Å². The molecule has 0 aromatic heterocycles. The lowest BCUT2D eigenvalue weighted by molar-refractivity contribution is 0.0102. The minimum atomic E-state index is -3.52. The number of nitrogens with zero attached hydrogens (tertiary/aromatic N) is 1. The van der Waals surface area contributed by atoms with Gasteiger partial charge in [-0.2, -0.15) is 4.31 Å². The molecule has 4 nitrogen and oxygen atoms in total. The van der Waals surface area contributed by atoms with Gasteiger partial charge in [-0.25, -0.2) is 8.42 Å². The Kier molecular flexibility index (Phi) is 4.18. The van der Waals surface area contributed by atoms with Gasteiger partial charge >= 0.3 is 0 Å². The number of ether oxygens (including phenoxy) is 1. The molecule has 1 aliphatic rings. The van der Waals surface area contributed by atoms with Gasteiger partial charge in [0, 0.05) is 13.1 Å². The van der Waals surface area contributed by atoms with Gasteiger partial charge in [0.25, 0.3) is 0 Å². The molecule has 1 heterocycles. The normalized spacial score (nSPS) is 22.1. The molecule has 1 atom stereocenters. The van der Waals surface area contributed by atoms with Crippen LogP contribution in [0.3, 0.4) is 0 Å². The maximum absolute atomic E-state index is 12.4. The fraction of sp³-hybridized carbons (Fsp3) is 0.455. The van der Waals surface area contributed by atoms with Gasteiger partial charge in [-0.05, 0) is 25.1 Å². The lowest BCUT2D eigenvalue weighted by atomic mass is 10.3. The summed E-state index contributed by atoms with van der Waals surface area (Å²) in [4.78, 5) is 0.158. The van der Waals surface area contributed by atoms with Gasteiger partial charge in [-0.15, -0.1) is 0 Å². The van der Waals surface area contributed by atoms with Gasteiger partial charge in [0.15, 0.2) is 0 Å². The van der Waals surface area contributed by atoms with Crippen molar-refractivity contribution in [3.63, 3.8) is 0 Å². The van der Waals surface area contributed by atoms with E-state index in [-0.39, 0.29) is 16.0 Å². The van der Waals surface area contributed by atoms with E-state index >= 15 is 0 Å². The molecule has 0 spiro atoms. The standard InChI is InChI=1S/C11H13Cl2NO3S/c1-8-7-14(4-5-17-8)18(15,16)9-2-3-10(12)11(13)6-9/h2-3,6,8H,4-5,7H2,1H3/t8-/m1/s1. The zero-order valence-corrected chi connectivity index (χ0v) is 12.1. The third kappa shape index (κ3) is 2.81. The first-order chi connectivity index (χ1) is 8.41. The number of morpholine rings is 1. The lowest BCUT2D eigenvalue weighted by Gasteiger charge is -2.30. The summed E-state index contributed by atoms with van der Waals surface area (Å²) in [5.74, 6) is 0. The third-order valence-corrected chi connectivity index (χ3v) is 5.33. The molecular weight excluding hydrogens is 297 g/mol. The van der Waals surface area contributed by atoms with E-state index in [1.54, 1.807) is 0 Å². The highest BCUT2D eigenvalue weighted by molar-refractivity contribution is 7.89. The van der Waals surface area contributed by atoms with Crippen LogP contribution in [0.25, 0.3) is 0 Å². The number of rotatable bonds is 2. The van der Waals surface area contributed by atoms with Crippen molar-refractivity contribution in [2.45, 2.75) is 17.9 Å². The first-order valence-corrected chi connectivity index (χ1v) is 7.67. The van der Waals surface area contributed by atoms with Crippen molar-refractivity contribution in [3.8, 4) is 0 Å². The summed E-state index contributed by atoms with van der Waals surface area (Å²) in [6, 6.07) is 4.32.